The summed E-state index contributed by atoms with van der Waals surface area (Å²) in [6, 6.07) is 12.5. The molecule has 0 aliphatic rings. The van der Waals surface area contributed by atoms with Crippen LogP contribution >= 0.6 is 11.5 Å². The van der Waals surface area contributed by atoms with Gasteiger partial charge in [0.2, 0.25) is 0 Å². The molecule has 0 radical (unpaired) electrons. The Morgan fingerprint density at radius 3 is 2.50 bits per heavy atom. The van der Waals surface area contributed by atoms with Gasteiger partial charge >= 0.3 is 0 Å². The number of hydrogen-bond acceptors (Lipinski definition) is 7. The number of benzene rings is 2. The number of carbonyl (C=O) groups excluding carboxylic acids is 1. The average Bonchev–Trinajstić information content (AvgIpc) is 3.18. The summed E-state index contributed by atoms with van der Waals surface area (Å²) >= 11 is 1.02. The predicted molar refractivity (Wildman–Crippen MR) is 99.4 cm³/mol. The molecule has 1 N–H and O–H groups in total. The molecule has 3 aromatic rings. The summed E-state index contributed by atoms with van der Waals surface area (Å²) in [6.45, 7) is 0. The third kappa shape index (κ3) is 3.60. The zero-order valence-corrected chi connectivity index (χ0v) is 15.3. The van der Waals surface area contributed by atoms with Crippen molar-refractivity contribution in [2.45, 2.75) is 0 Å². The number of carbonyl (C=O) groups is 1. The first kappa shape index (κ1) is 17.7. The maximum atomic E-state index is 12.8. The molecular formula is C18H17N3O4S. The SMILES string of the molecule is COc1cccc(-c2nnsc2C(=O)Nc2cc(OC)ccc2OC)c1. The predicted octanol–water partition coefficient (Wildman–Crippen LogP) is 3.48. The van der Waals surface area contributed by atoms with E-state index in [-0.39, 0.29) is 5.91 Å². The molecule has 0 spiro atoms. The Balaban J connectivity index is 1.92. The highest BCUT2D eigenvalue weighted by Crippen LogP contribution is 2.31. The molecule has 0 saturated heterocycles. The highest BCUT2D eigenvalue weighted by Gasteiger charge is 2.20. The molecule has 7 nitrogen and oxygen atoms in total. The Kier molecular flexibility index (Phi) is 5.33. The molecule has 3 rings (SSSR count). The Labute approximate surface area is 154 Å². The number of nitrogens with zero attached hydrogens (tertiary/aromatic N) is 2. The van der Waals surface area contributed by atoms with Crippen LogP contribution in [0.1, 0.15) is 9.67 Å². The van der Waals surface area contributed by atoms with E-state index in [9.17, 15) is 4.79 Å². The highest BCUT2D eigenvalue weighted by molar-refractivity contribution is 7.08. The van der Waals surface area contributed by atoms with Crippen LogP contribution in [0.2, 0.25) is 0 Å². The summed E-state index contributed by atoms with van der Waals surface area (Å²) in [5, 5.41) is 6.93. The highest BCUT2D eigenvalue weighted by atomic mass is 32.1. The summed E-state index contributed by atoms with van der Waals surface area (Å²) in [5.74, 6) is 1.48. The Hall–Kier alpha value is -3.13. The molecule has 0 unspecified atom stereocenters. The molecule has 1 amide bonds. The first-order valence-electron chi connectivity index (χ1n) is 7.66. The van der Waals surface area contributed by atoms with Crippen molar-refractivity contribution in [3.8, 4) is 28.5 Å². The molecule has 0 fully saturated rings. The van der Waals surface area contributed by atoms with Crippen LogP contribution in [0.3, 0.4) is 0 Å². The number of nitrogens with one attached hydrogen (secondary N) is 1. The lowest BCUT2D eigenvalue weighted by atomic mass is 10.1. The van der Waals surface area contributed by atoms with Gasteiger partial charge < -0.3 is 19.5 Å². The van der Waals surface area contributed by atoms with Gasteiger partial charge in [-0.3, -0.25) is 4.79 Å². The number of aromatic nitrogens is 2. The standard InChI is InChI=1S/C18H17N3O4S/c1-23-12-6-4-5-11(9-12)16-17(26-21-20-16)18(22)19-14-10-13(24-2)7-8-15(14)25-3/h4-10H,1-3H3,(H,19,22). The largest absolute Gasteiger partial charge is 0.497 e. The third-order valence-corrected chi connectivity index (χ3v) is 4.42. The van der Waals surface area contributed by atoms with Gasteiger partial charge in [-0.25, -0.2) is 0 Å². The van der Waals surface area contributed by atoms with Crippen LogP contribution in [-0.4, -0.2) is 36.8 Å². The minimum Gasteiger partial charge on any atom is -0.497 e. The van der Waals surface area contributed by atoms with E-state index < -0.39 is 0 Å². The number of amides is 1. The molecular weight excluding hydrogens is 354 g/mol. The van der Waals surface area contributed by atoms with E-state index in [2.05, 4.69) is 14.9 Å². The summed E-state index contributed by atoms with van der Waals surface area (Å²) in [4.78, 5) is 13.2. The van der Waals surface area contributed by atoms with Crippen molar-refractivity contribution in [1.29, 1.82) is 0 Å². The van der Waals surface area contributed by atoms with E-state index >= 15 is 0 Å². The van der Waals surface area contributed by atoms with E-state index in [1.54, 1.807) is 38.5 Å². The lowest BCUT2D eigenvalue weighted by Gasteiger charge is -2.11. The van der Waals surface area contributed by atoms with Crippen LogP contribution < -0.4 is 19.5 Å². The minimum atomic E-state index is -0.329. The second-order valence-electron chi connectivity index (χ2n) is 5.20. The summed E-state index contributed by atoms with van der Waals surface area (Å²) < 4.78 is 19.7. The maximum Gasteiger partial charge on any atom is 0.269 e. The summed E-state index contributed by atoms with van der Waals surface area (Å²) in [6.07, 6.45) is 0. The quantitative estimate of drug-likeness (QED) is 0.714. The number of methoxy groups -OCH3 is 3. The van der Waals surface area contributed by atoms with Gasteiger partial charge in [-0.2, -0.15) is 0 Å². The lowest BCUT2D eigenvalue weighted by Crippen LogP contribution is -2.12. The van der Waals surface area contributed by atoms with Crippen LogP contribution in [0.15, 0.2) is 42.5 Å². The van der Waals surface area contributed by atoms with Gasteiger partial charge in [0.25, 0.3) is 5.91 Å². The molecule has 0 aliphatic carbocycles. The van der Waals surface area contributed by atoms with Gasteiger partial charge in [0.05, 0.1) is 27.0 Å². The molecule has 134 valence electrons. The topological polar surface area (TPSA) is 82.6 Å². The van der Waals surface area contributed by atoms with Crippen LogP contribution in [0.25, 0.3) is 11.3 Å². The van der Waals surface area contributed by atoms with Gasteiger partial charge in [0, 0.05) is 11.6 Å². The van der Waals surface area contributed by atoms with Crippen molar-refractivity contribution in [1.82, 2.24) is 9.59 Å². The number of hydrogen-bond donors (Lipinski definition) is 1. The minimum absolute atomic E-state index is 0.329. The molecule has 26 heavy (non-hydrogen) atoms. The van der Waals surface area contributed by atoms with Crippen molar-refractivity contribution in [2.24, 2.45) is 0 Å². The van der Waals surface area contributed by atoms with Gasteiger partial charge in [0.1, 0.15) is 27.8 Å². The fourth-order valence-electron chi connectivity index (χ4n) is 2.39. The number of ether oxygens (including phenoxy) is 3. The monoisotopic (exact) mass is 371 g/mol. The van der Waals surface area contributed by atoms with Crippen molar-refractivity contribution < 1.29 is 19.0 Å². The van der Waals surface area contributed by atoms with Gasteiger partial charge in [-0.15, -0.1) is 5.10 Å². The van der Waals surface area contributed by atoms with Gasteiger partial charge in [-0.05, 0) is 35.8 Å². The average molecular weight is 371 g/mol. The first-order chi connectivity index (χ1) is 12.7. The van der Waals surface area contributed by atoms with Crippen LogP contribution in [-0.2, 0) is 0 Å². The number of anilines is 1. The second-order valence-corrected chi connectivity index (χ2v) is 5.96. The smallest absolute Gasteiger partial charge is 0.269 e. The molecule has 0 atom stereocenters. The molecule has 1 heterocycles. The summed E-state index contributed by atoms with van der Waals surface area (Å²) in [7, 11) is 4.68. The normalized spacial score (nSPS) is 10.3. The van der Waals surface area contributed by atoms with Crippen LogP contribution in [0.4, 0.5) is 5.69 Å². The van der Waals surface area contributed by atoms with Crippen molar-refractivity contribution in [3.05, 3.63) is 47.3 Å². The zero-order chi connectivity index (χ0) is 18.5. The molecule has 0 aliphatic heterocycles. The number of rotatable bonds is 6. The Morgan fingerprint density at radius 1 is 1.00 bits per heavy atom. The molecule has 1 aromatic heterocycles. The molecule has 0 saturated carbocycles. The van der Waals surface area contributed by atoms with Gasteiger partial charge in [0.15, 0.2) is 0 Å². The Morgan fingerprint density at radius 2 is 1.77 bits per heavy atom. The van der Waals surface area contributed by atoms with E-state index in [0.717, 1.165) is 17.1 Å². The van der Waals surface area contributed by atoms with E-state index in [0.29, 0.717) is 33.5 Å². The molecule has 8 heteroatoms. The van der Waals surface area contributed by atoms with Gasteiger partial charge in [-0.1, -0.05) is 16.6 Å². The van der Waals surface area contributed by atoms with Crippen molar-refractivity contribution in [3.63, 3.8) is 0 Å². The van der Waals surface area contributed by atoms with E-state index in [1.165, 1.54) is 7.11 Å². The molecule has 2 aromatic carbocycles. The van der Waals surface area contributed by atoms with E-state index in [4.69, 9.17) is 14.2 Å². The third-order valence-electron chi connectivity index (χ3n) is 3.69. The van der Waals surface area contributed by atoms with Crippen LogP contribution in [0, 0.1) is 0 Å². The molecule has 0 bridgehead atoms. The zero-order valence-electron chi connectivity index (χ0n) is 14.5. The first-order valence-corrected chi connectivity index (χ1v) is 8.43. The summed E-state index contributed by atoms with van der Waals surface area (Å²) in [5.41, 5.74) is 1.75. The maximum absolute atomic E-state index is 12.8. The fourth-order valence-corrected chi connectivity index (χ4v) is 2.97. The van der Waals surface area contributed by atoms with E-state index in [1.807, 2.05) is 18.2 Å². The fraction of sp³-hybridized carbons (Fsp3) is 0.167. The van der Waals surface area contributed by atoms with Crippen molar-refractivity contribution in [2.75, 3.05) is 26.6 Å². The Bertz CT molecular complexity index is 926. The van der Waals surface area contributed by atoms with Crippen LogP contribution in [0.5, 0.6) is 17.2 Å². The van der Waals surface area contributed by atoms with Crippen molar-refractivity contribution >= 4 is 23.1 Å². The lowest BCUT2D eigenvalue weighted by molar-refractivity contribution is 0.103. The second kappa shape index (κ2) is 7.83.